The minimum Gasteiger partial charge on any atom is -0.493 e. The summed E-state index contributed by atoms with van der Waals surface area (Å²) in [6, 6.07) is 13.0. The number of aromatic amines is 1. The van der Waals surface area contributed by atoms with Crippen molar-refractivity contribution in [2.45, 2.75) is 26.7 Å². The fourth-order valence-electron chi connectivity index (χ4n) is 3.43. The van der Waals surface area contributed by atoms with Crippen molar-refractivity contribution in [1.29, 1.82) is 0 Å². The van der Waals surface area contributed by atoms with Crippen molar-refractivity contribution in [3.63, 3.8) is 0 Å². The maximum absolute atomic E-state index is 13.2. The van der Waals surface area contributed by atoms with Crippen LogP contribution in [0, 0.1) is 0 Å². The van der Waals surface area contributed by atoms with E-state index in [9.17, 15) is 4.79 Å². The molecule has 1 aromatic heterocycles. The van der Waals surface area contributed by atoms with Gasteiger partial charge in [-0.3, -0.25) is 14.9 Å². The number of nitrogens with one attached hydrogen (secondary N) is 1. The van der Waals surface area contributed by atoms with Gasteiger partial charge < -0.3 is 14.2 Å². The average molecular weight is 409 g/mol. The maximum Gasteiger partial charge on any atom is 0.280 e. The summed E-state index contributed by atoms with van der Waals surface area (Å²) in [6.45, 7) is 3.91. The Hall–Kier alpha value is -3.48. The lowest BCUT2D eigenvalue weighted by atomic mass is 10.1. The van der Waals surface area contributed by atoms with Crippen molar-refractivity contribution in [1.82, 2.24) is 9.78 Å². The van der Waals surface area contributed by atoms with Crippen LogP contribution < -0.4 is 19.8 Å². The van der Waals surface area contributed by atoms with Crippen LogP contribution in [-0.2, 0) is 6.42 Å². The fraction of sp³-hybridized carbons (Fsp3) is 0.304. The molecule has 0 radical (unpaired) electrons. The highest BCUT2D eigenvalue weighted by atomic mass is 16.5. The highest BCUT2D eigenvalue weighted by Crippen LogP contribution is 2.41. The molecule has 7 nitrogen and oxygen atoms in total. The van der Waals surface area contributed by atoms with Crippen LogP contribution in [0.5, 0.6) is 17.2 Å². The highest BCUT2D eigenvalue weighted by molar-refractivity contribution is 6.01. The fourth-order valence-corrected chi connectivity index (χ4v) is 3.43. The number of rotatable bonds is 8. The molecule has 3 aromatic rings. The van der Waals surface area contributed by atoms with Crippen molar-refractivity contribution < 1.29 is 14.2 Å². The van der Waals surface area contributed by atoms with Crippen LogP contribution in [0.4, 0.5) is 5.69 Å². The summed E-state index contributed by atoms with van der Waals surface area (Å²) in [6.07, 6.45) is 1.64. The lowest BCUT2D eigenvalue weighted by Gasteiger charge is -2.13. The Labute approximate surface area is 175 Å². The first-order valence-electron chi connectivity index (χ1n) is 9.79. The second-order valence-electron chi connectivity index (χ2n) is 6.77. The van der Waals surface area contributed by atoms with E-state index in [0.29, 0.717) is 34.2 Å². The summed E-state index contributed by atoms with van der Waals surface area (Å²) in [5.41, 5.74) is 3.32. The van der Waals surface area contributed by atoms with Crippen LogP contribution in [0.2, 0.25) is 0 Å². The van der Waals surface area contributed by atoms with E-state index in [0.717, 1.165) is 24.2 Å². The molecule has 0 aliphatic rings. The van der Waals surface area contributed by atoms with Gasteiger partial charge in [-0.05, 0) is 25.5 Å². The maximum atomic E-state index is 13.2. The van der Waals surface area contributed by atoms with Gasteiger partial charge in [0.15, 0.2) is 11.5 Å². The zero-order valence-corrected chi connectivity index (χ0v) is 18.0. The third-order valence-corrected chi connectivity index (χ3v) is 4.79. The molecule has 0 aliphatic heterocycles. The van der Waals surface area contributed by atoms with E-state index < -0.39 is 0 Å². The number of hydrogen-bond donors (Lipinski definition) is 1. The summed E-state index contributed by atoms with van der Waals surface area (Å²) < 4.78 is 17.7. The predicted octanol–water partition coefficient (Wildman–Crippen LogP) is 4.28. The molecule has 0 fully saturated rings. The number of ether oxygens (including phenoxy) is 3. The van der Waals surface area contributed by atoms with E-state index in [-0.39, 0.29) is 5.56 Å². The number of para-hydroxylation sites is 1. The van der Waals surface area contributed by atoms with Crippen LogP contribution in [0.3, 0.4) is 0 Å². The molecule has 158 valence electrons. The van der Waals surface area contributed by atoms with E-state index in [1.807, 2.05) is 37.3 Å². The van der Waals surface area contributed by atoms with Gasteiger partial charge in [-0.25, -0.2) is 4.68 Å². The zero-order chi connectivity index (χ0) is 21.7. The number of hydrogen-bond acceptors (Lipinski definition) is 5. The van der Waals surface area contributed by atoms with Gasteiger partial charge >= 0.3 is 0 Å². The summed E-state index contributed by atoms with van der Waals surface area (Å²) in [5.74, 6) is 1.51. The van der Waals surface area contributed by atoms with Gasteiger partial charge in [0.25, 0.3) is 5.56 Å². The molecule has 3 rings (SSSR count). The summed E-state index contributed by atoms with van der Waals surface area (Å²) in [5, 5.41) is 3.25. The molecular formula is C23H27N3O4. The molecule has 1 heterocycles. The van der Waals surface area contributed by atoms with Gasteiger partial charge in [-0.2, -0.15) is 0 Å². The minimum atomic E-state index is -0.127. The van der Waals surface area contributed by atoms with Gasteiger partial charge in [0.1, 0.15) is 0 Å². The van der Waals surface area contributed by atoms with E-state index in [4.69, 9.17) is 19.2 Å². The van der Waals surface area contributed by atoms with Crippen molar-refractivity contribution in [2.75, 3.05) is 21.3 Å². The Morgan fingerprint density at radius 2 is 1.67 bits per heavy atom. The summed E-state index contributed by atoms with van der Waals surface area (Å²) in [4.78, 5) is 17.9. The topological polar surface area (TPSA) is 77.8 Å². The third-order valence-electron chi connectivity index (χ3n) is 4.79. The first-order valence-corrected chi connectivity index (χ1v) is 9.79. The molecule has 7 heteroatoms. The Morgan fingerprint density at radius 3 is 2.20 bits per heavy atom. The molecular weight excluding hydrogens is 382 g/mol. The number of H-pyrrole nitrogens is 1. The van der Waals surface area contributed by atoms with Crippen LogP contribution in [-0.4, -0.2) is 36.8 Å². The lowest BCUT2D eigenvalue weighted by molar-refractivity contribution is 0.324. The van der Waals surface area contributed by atoms with E-state index in [1.54, 1.807) is 38.1 Å². The van der Waals surface area contributed by atoms with Gasteiger partial charge in [-0.1, -0.05) is 31.5 Å². The standard InChI is InChI=1S/C23H27N3O4/c1-6-10-18-21(23(27)26(25-18)17-11-8-7-9-12-17)15(2)24-16-13-19(28-3)22(30-5)20(14-16)29-4/h7-9,11-14,25H,6,10H2,1-5H3. The molecule has 2 aromatic carbocycles. The normalized spacial score (nSPS) is 11.4. The number of aliphatic imine (C=N–C) groups is 1. The van der Waals surface area contributed by atoms with Gasteiger partial charge in [0, 0.05) is 17.8 Å². The molecule has 0 saturated heterocycles. The second kappa shape index (κ2) is 9.35. The van der Waals surface area contributed by atoms with Gasteiger partial charge in [0.2, 0.25) is 5.75 Å². The van der Waals surface area contributed by atoms with E-state index in [2.05, 4.69) is 12.0 Å². The molecule has 0 spiro atoms. The molecule has 30 heavy (non-hydrogen) atoms. The molecule has 1 N–H and O–H groups in total. The average Bonchev–Trinajstić information content (AvgIpc) is 3.09. The van der Waals surface area contributed by atoms with Crippen molar-refractivity contribution >= 4 is 11.4 Å². The second-order valence-corrected chi connectivity index (χ2v) is 6.77. The number of benzene rings is 2. The van der Waals surface area contributed by atoms with E-state index >= 15 is 0 Å². The van der Waals surface area contributed by atoms with Gasteiger partial charge in [0.05, 0.1) is 44.0 Å². The number of nitrogens with zero attached hydrogens (tertiary/aromatic N) is 2. The largest absolute Gasteiger partial charge is 0.493 e. The van der Waals surface area contributed by atoms with Crippen molar-refractivity contribution in [3.05, 3.63) is 64.1 Å². The van der Waals surface area contributed by atoms with Crippen LogP contribution in [0.25, 0.3) is 5.69 Å². The monoisotopic (exact) mass is 409 g/mol. The first-order chi connectivity index (χ1) is 14.5. The molecule has 0 bridgehead atoms. The summed E-state index contributed by atoms with van der Waals surface area (Å²) >= 11 is 0. The Morgan fingerprint density at radius 1 is 1.03 bits per heavy atom. The number of methoxy groups -OCH3 is 3. The third kappa shape index (κ3) is 4.10. The number of aryl methyl sites for hydroxylation is 1. The summed E-state index contributed by atoms with van der Waals surface area (Å²) in [7, 11) is 4.67. The van der Waals surface area contributed by atoms with Gasteiger partial charge in [-0.15, -0.1) is 0 Å². The SMILES string of the molecule is CCCc1[nH]n(-c2ccccc2)c(=O)c1C(C)=Nc1cc(OC)c(OC)c(OC)c1. The van der Waals surface area contributed by atoms with Crippen molar-refractivity contribution in [3.8, 4) is 22.9 Å². The first kappa shape index (κ1) is 21.2. The molecule has 0 saturated carbocycles. The molecule has 0 atom stereocenters. The molecule has 0 aliphatic carbocycles. The van der Waals surface area contributed by atoms with Crippen LogP contribution in [0.15, 0.2) is 52.3 Å². The van der Waals surface area contributed by atoms with Crippen LogP contribution >= 0.6 is 0 Å². The minimum absolute atomic E-state index is 0.127. The number of aromatic nitrogens is 2. The lowest BCUT2D eigenvalue weighted by Crippen LogP contribution is -2.19. The molecule has 0 unspecified atom stereocenters. The Kier molecular flexibility index (Phi) is 6.61. The quantitative estimate of drug-likeness (QED) is 0.563. The zero-order valence-electron chi connectivity index (χ0n) is 18.0. The van der Waals surface area contributed by atoms with Crippen molar-refractivity contribution in [2.24, 2.45) is 4.99 Å². The predicted molar refractivity (Wildman–Crippen MR) is 118 cm³/mol. The Balaban J connectivity index is 2.13. The van der Waals surface area contributed by atoms with E-state index in [1.165, 1.54) is 0 Å². The Bertz CT molecular complexity index is 1070. The van der Waals surface area contributed by atoms with Crippen LogP contribution in [0.1, 0.15) is 31.5 Å². The highest BCUT2D eigenvalue weighted by Gasteiger charge is 2.18. The molecule has 0 amide bonds. The smallest absolute Gasteiger partial charge is 0.280 e.